The van der Waals surface area contributed by atoms with E-state index < -0.39 is 11.9 Å². The lowest BCUT2D eigenvalue weighted by Gasteiger charge is -2.05. The number of anilines is 1. The average Bonchev–Trinajstić information content (AvgIpc) is 2.55. The van der Waals surface area contributed by atoms with Crippen molar-refractivity contribution in [3.8, 4) is 6.07 Å². The molecule has 1 amide bonds. The Morgan fingerprint density at radius 1 is 1.45 bits per heavy atom. The Morgan fingerprint density at radius 3 is 2.86 bits per heavy atom. The minimum atomic E-state index is -0.482. The maximum absolute atomic E-state index is 11.7. The first-order chi connectivity index (χ1) is 10.6. The molecule has 0 fully saturated rings. The number of halogens is 1. The smallest absolute Gasteiger partial charge is 0.337 e. The third-order valence-corrected chi connectivity index (χ3v) is 2.90. The second-order valence-corrected chi connectivity index (χ2v) is 4.56. The van der Waals surface area contributed by atoms with Gasteiger partial charge in [0.1, 0.15) is 11.6 Å². The number of alkyl halides is 1. The standard InChI is InChI=1S/C15H16ClN3O3/c1-22-15(21)11-4-2-5-13(8-11)19-10-12(9-17)14(20)18-7-3-6-16/h2,4-5,8,10,19H,3,6-7H2,1H3,(H,18,20)/b12-10-. The van der Waals surface area contributed by atoms with Crippen LogP contribution in [0.2, 0.25) is 0 Å². The van der Waals surface area contributed by atoms with Gasteiger partial charge in [-0.05, 0) is 24.6 Å². The maximum Gasteiger partial charge on any atom is 0.337 e. The minimum absolute atomic E-state index is 0.0713. The van der Waals surface area contributed by atoms with Crippen molar-refractivity contribution >= 4 is 29.2 Å². The molecule has 0 unspecified atom stereocenters. The molecular weight excluding hydrogens is 306 g/mol. The van der Waals surface area contributed by atoms with Crippen LogP contribution in [0.4, 0.5) is 5.69 Å². The molecule has 0 radical (unpaired) electrons. The second kappa shape index (κ2) is 9.42. The number of nitrogens with one attached hydrogen (secondary N) is 2. The van der Waals surface area contributed by atoms with Gasteiger partial charge in [-0.2, -0.15) is 5.26 Å². The van der Waals surface area contributed by atoms with E-state index in [1.54, 1.807) is 24.3 Å². The van der Waals surface area contributed by atoms with Crippen LogP contribution < -0.4 is 10.6 Å². The number of rotatable bonds is 7. The predicted molar refractivity (Wildman–Crippen MR) is 83.4 cm³/mol. The lowest BCUT2D eigenvalue weighted by Crippen LogP contribution is -2.26. The van der Waals surface area contributed by atoms with E-state index in [0.717, 1.165) is 0 Å². The van der Waals surface area contributed by atoms with Gasteiger partial charge in [-0.3, -0.25) is 4.79 Å². The molecule has 0 heterocycles. The fourth-order valence-corrected chi connectivity index (χ4v) is 1.66. The van der Waals surface area contributed by atoms with E-state index in [2.05, 4.69) is 15.4 Å². The van der Waals surface area contributed by atoms with Crippen LogP contribution in [0.1, 0.15) is 16.8 Å². The topological polar surface area (TPSA) is 91.2 Å². The quantitative estimate of drug-likeness (QED) is 0.264. The highest BCUT2D eigenvalue weighted by atomic mass is 35.5. The normalized spacial score (nSPS) is 10.5. The highest BCUT2D eigenvalue weighted by Gasteiger charge is 2.08. The molecule has 0 aliphatic rings. The zero-order chi connectivity index (χ0) is 16.4. The van der Waals surface area contributed by atoms with Crippen molar-refractivity contribution in [3.63, 3.8) is 0 Å². The number of benzene rings is 1. The number of hydrogen-bond acceptors (Lipinski definition) is 5. The molecule has 1 aromatic rings. The van der Waals surface area contributed by atoms with Crippen LogP contribution in [0.3, 0.4) is 0 Å². The number of amides is 1. The van der Waals surface area contributed by atoms with Crippen LogP contribution in [0.25, 0.3) is 0 Å². The Balaban J connectivity index is 2.74. The van der Waals surface area contributed by atoms with Crippen molar-refractivity contribution in [1.29, 1.82) is 5.26 Å². The number of esters is 1. The van der Waals surface area contributed by atoms with Gasteiger partial charge in [0.05, 0.1) is 12.7 Å². The molecule has 22 heavy (non-hydrogen) atoms. The van der Waals surface area contributed by atoms with Crippen LogP contribution in [-0.2, 0) is 9.53 Å². The van der Waals surface area contributed by atoms with Crippen molar-refractivity contribution in [2.24, 2.45) is 0 Å². The number of methoxy groups -OCH3 is 1. The Morgan fingerprint density at radius 2 is 2.23 bits per heavy atom. The lowest BCUT2D eigenvalue weighted by atomic mass is 10.2. The molecule has 0 saturated carbocycles. The summed E-state index contributed by atoms with van der Waals surface area (Å²) in [6, 6.07) is 8.33. The Hall–Kier alpha value is -2.52. The monoisotopic (exact) mass is 321 g/mol. The molecule has 0 saturated heterocycles. The van der Waals surface area contributed by atoms with Gasteiger partial charge in [0.2, 0.25) is 0 Å². The Labute approximate surface area is 133 Å². The van der Waals surface area contributed by atoms with E-state index in [4.69, 9.17) is 16.9 Å². The number of nitriles is 1. The minimum Gasteiger partial charge on any atom is -0.465 e. The summed E-state index contributed by atoms with van der Waals surface area (Å²) in [4.78, 5) is 23.2. The van der Waals surface area contributed by atoms with E-state index in [-0.39, 0.29) is 5.57 Å². The number of nitrogens with zero attached hydrogens (tertiary/aromatic N) is 1. The van der Waals surface area contributed by atoms with Crippen LogP contribution >= 0.6 is 11.6 Å². The molecule has 116 valence electrons. The van der Waals surface area contributed by atoms with Crippen molar-refractivity contribution in [3.05, 3.63) is 41.6 Å². The summed E-state index contributed by atoms with van der Waals surface area (Å²) in [6.07, 6.45) is 1.91. The molecular formula is C15H16ClN3O3. The largest absolute Gasteiger partial charge is 0.465 e. The Bertz CT molecular complexity index is 608. The molecule has 6 nitrogen and oxygen atoms in total. The SMILES string of the molecule is COC(=O)c1cccc(N/C=C(/C#N)C(=O)NCCCCl)c1. The average molecular weight is 322 g/mol. The van der Waals surface area contributed by atoms with Crippen LogP contribution in [0.15, 0.2) is 36.0 Å². The highest BCUT2D eigenvalue weighted by molar-refractivity contribution is 6.17. The molecule has 0 spiro atoms. The van der Waals surface area contributed by atoms with E-state index >= 15 is 0 Å². The molecule has 0 aromatic heterocycles. The van der Waals surface area contributed by atoms with E-state index in [9.17, 15) is 9.59 Å². The van der Waals surface area contributed by atoms with Crippen LogP contribution in [-0.4, -0.2) is 31.4 Å². The van der Waals surface area contributed by atoms with Gasteiger partial charge in [-0.25, -0.2) is 4.79 Å². The van der Waals surface area contributed by atoms with Crippen molar-refractivity contribution in [2.45, 2.75) is 6.42 Å². The van der Waals surface area contributed by atoms with Gasteiger partial charge in [-0.15, -0.1) is 11.6 Å². The lowest BCUT2D eigenvalue weighted by molar-refractivity contribution is -0.117. The summed E-state index contributed by atoms with van der Waals surface area (Å²) in [6.45, 7) is 0.402. The summed E-state index contributed by atoms with van der Waals surface area (Å²) in [7, 11) is 1.29. The molecule has 0 bridgehead atoms. The fourth-order valence-electron chi connectivity index (χ4n) is 1.52. The molecule has 1 rings (SSSR count). The summed E-state index contributed by atoms with van der Waals surface area (Å²) in [5, 5.41) is 14.4. The van der Waals surface area contributed by atoms with E-state index in [1.165, 1.54) is 13.3 Å². The van der Waals surface area contributed by atoms with Crippen molar-refractivity contribution < 1.29 is 14.3 Å². The summed E-state index contributed by atoms with van der Waals surface area (Å²) < 4.78 is 4.62. The molecule has 0 aliphatic carbocycles. The third kappa shape index (κ3) is 5.46. The number of hydrogen-bond donors (Lipinski definition) is 2. The van der Waals surface area contributed by atoms with Gasteiger partial charge < -0.3 is 15.4 Å². The van der Waals surface area contributed by atoms with E-state index in [1.807, 2.05) is 6.07 Å². The summed E-state index contributed by atoms with van der Waals surface area (Å²) in [5.41, 5.74) is 0.855. The van der Waals surface area contributed by atoms with Crippen molar-refractivity contribution in [1.82, 2.24) is 5.32 Å². The van der Waals surface area contributed by atoms with Crippen LogP contribution in [0, 0.1) is 11.3 Å². The summed E-state index contributed by atoms with van der Waals surface area (Å²) >= 11 is 5.51. The van der Waals surface area contributed by atoms with Crippen molar-refractivity contribution in [2.75, 3.05) is 24.9 Å². The number of carbonyl (C=O) groups is 2. The Kier molecular flexibility index (Phi) is 7.51. The fraction of sp³-hybridized carbons (Fsp3) is 0.267. The van der Waals surface area contributed by atoms with Crippen LogP contribution in [0.5, 0.6) is 0 Å². The predicted octanol–water partition coefficient (Wildman–Crippen LogP) is 2.04. The first kappa shape index (κ1) is 17.5. The third-order valence-electron chi connectivity index (χ3n) is 2.63. The molecule has 1 aromatic carbocycles. The molecule has 0 atom stereocenters. The first-order valence-electron chi connectivity index (χ1n) is 6.51. The first-order valence-corrected chi connectivity index (χ1v) is 7.05. The summed E-state index contributed by atoms with van der Waals surface area (Å²) in [5.74, 6) is -0.513. The van der Waals surface area contributed by atoms with Gasteiger partial charge in [0, 0.05) is 24.3 Å². The maximum atomic E-state index is 11.7. The van der Waals surface area contributed by atoms with Gasteiger partial charge in [-0.1, -0.05) is 6.07 Å². The second-order valence-electron chi connectivity index (χ2n) is 4.18. The highest BCUT2D eigenvalue weighted by Crippen LogP contribution is 2.12. The van der Waals surface area contributed by atoms with Gasteiger partial charge in [0.25, 0.3) is 5.91 Å². The zero-order valence-corrected chi connectivity index (χ0v) is 12.8. The molecule has 0 aliphatic heterocycles. The molecule has 7 heteroatoms. The van der Waals surface area contributed by atoms with Gasteiger partial charge in [0.15, 0.2) is 0 Å². The number of carbonyl (C=O) groups excluding carboxylic acids is 2. The van der Waals surface area contributed by atoms with E-state index in [0.29, 0.717) is 30.1 Å². The number of ether oxygens (including phenoxy) is 1. The zero-order valence-electron chi connectivity index (χ0n) is 12.1. The van der Waals surface area contributed by atoms with Gasteiger partial charge >= 0.3 is 5.97 Å². The molecule has 2 N–H and O–H groups in total.